The van der Waals surface area contributed by atoms with E-state index in [1.165, 1.54) is 17.0 Å². The van der Waals surface area contributed by atoms with Gasteiger partial charge in [0.05, 0.1) is 11.8 Å². The van der Waals surface area contributed by atoms with Gasteiger partial charge in [-0.3, -0.25) is 4.79 Å². The van der Waals surface area contributed by atoms with E-state index < -0.39 is 0 Å². The average molecular weight is 277 g/mol. The van der Waals surface area contributed by atoms with E-state index in [4.69, 9.17) is 0 Å². The Morgan fingerprint density at radius 1 is 1.24 bits per heavy atom. The Balaban J connectivity index is 1.75. The average Bonchev–Trinajstić information content (AvgIpc) is 3.13. The molecule has 0 spiro atoms. The molecule has 1 aromatic carbocycles. The van der Waals surface area contributed by atoms with Crippen LogP contribution in [0.15, 0.2) is 29.4 Å². The number of hydrogen-bond acceptors (Lipinski definition) is 2. The zero-order chi connectivity index (χ0) is 14.4. The number of rotatable bonds is 1. The van der Waals surface area contributed by atoms with Crippen LogP contribution < -0.4 is 0 Å². The van der Waals surface area contributed by atoms with E-state index in [1.807, 2.05) is 12.8 Å². The van der Waals surface area contributed by atoms with Crippen molar-refractivity contribution in [2.45, 2.75) is 25.8 Å². The Kier molecular flexibility index (Phi) is 3.09. The van der Waals surface area contributed by atoms with Crippen molar-refractivity contribution in [2.24, 2.45) is 11.0 Å². The number of benzene rings is 1. The molecular formula is C18H17N2O. The predicted octanol–water partition coefficient (Wildman–Crippen LogP) is 2.59. The van der Waals surface area contributed by atoms with Crippen LogP contribution in [-0.4, -0.2) is 22.7 Å². The highest BCUT2D eigenvalue weighted by Crippen LogP contribution is 2.42. The molecule has 2 atom stereocenters. The maximum atomic E-state index is 12.0. The Morgan fingerprint density at radius 2 is 2.00 bits per heavy atom. The quantitative estimate of drug-likeness (QED) is 0.776. The second kappa shape index (κ2) is 4.97. The van der Waals surface area contributed by atoms with Gasteiger partial charge in [-0.05, 0) is 44.1 Å². The fraction of sp³-hybridized carbons (Fsp3) is 0.278. The summed E-state index contributed by atoms with van der Waals surface area (Å²) < 4.78 is 0. The lowest BCUT2D eigenvalue weighted by atomic mass is 9.75. The number of nitrogens with zero attached hydrogens (tertiary/aromatic N) is 2. The molecule has 3 aliphatic rings. The third kappa shape index (κ3) is 2.02. The maximum absolute atomic E-state index is 12.0. The number of carbonyl (C=O) groups excluding carboxylic acids is 1. The summed E-state index contributed by atoms with van der Waals surface area (Å²) in [6.07, 6.45) is 10.4. The second-order valence-electron chi connectivity index (χ2n) is 5.81. The van der Waals surface area contributed by atoms with Crippen LogP contribution in [-0.2, 0) is 11.2 Å². The van der Waals surface area contributed by atoms with Crippen molar-refractivity contribution < 1.29 is 4.79 Å². The number of hydrogen-bond donors (Lipinski definition) is 0. The number of fused-ring (bicyclic) bond motifs is 3. The van der Waals surface area contributed by atoms with Crippen LogP contribution in [0.4, 0.5) is 0 Å². The number of amides is 1. The number of aryl methyl sites for hydroxylation is 1. The van der Waals surface area contributed by atoms with Crippen LogP contribution >= 0.6 is 0 Å². The lowest BCUT2D eigenvalue weighted by Gasteiger charge is -2.32. The summed E-state index contributed by atoms with van der Waals surface area (Å²) in [6, 6.07) is 8.48. The van der Waals surface area contributed by atoms with Crippen LogP contribution in [0, 0.1) is 37.5 Å². The summed E-state index contributed by atoms with van der Waals surface area (Å²) >= 11 is 0. The van der Waals surface area contributed by atoms with Crippen molar-refractivity contribution >= 4 is 11.6 Å². The van der Waals surface area contributed by atoms with E-state index in [9.17, 15) is 4.79 Å². The highest BCUT2D eigenvalue weighted by molar-refractivity contribution is 6.07. The molecule has 0 aromatic heterocycles. The first kappa shape index (κ1) is 13.1. The molecule has 3 nitrogen and oxygen atoms in total. The SMILES string of the molecule is CC(=O)N1N=C2c3ccccc3CC[C@H]2[C@H]1[C]1[CH][CH][CH][CH]1. The van der Waals surface area contributed by atoms with Crippen molar-refractivity contribution in [3.8, 4) is 0 Å². The molecule has 105 valence electrons. The topological polar surface area (TPSA) is 32.7 Å². The summed E-state index contributed by atoms with van der Waals surface area (Å²) in [6.45, 7) is 1.60. The molecule has 3 heteroatoms. The van der Waals surface area contributed by atoms with Crippen molar-refractivity contribution in [2.75, 3.05) is 0 Å². The Bertz CT molecular complexity index is 601. The van der Waals surface area contributed by atoms with Gasteiger partial charge < -0.3 is 0 Å². The molecule has 0 saturated heterocycles. The molecule has 1 fully saturated rings. The first-order valence-corrected chi connectivity index (χ1v) is 7.44. The molecule has 1 amide bonds. The second-order valence-corrected chi connectivity index (χ2v) is 5.81. The third-order valence-corrected chi connectivity index (χ3v) is 4.58. The summed E-state index contributed by atoms with van der Waals surface area (Å²) in [7, 11) is 0. The van der Waals surface area contributed by atoms with Gasteiger partial charge in [0.2, 0.25) is 5.91 Å². The lowest BCUT2D eigenvalue weighted by Crippen LogP contribution is -2.41. The molecular weight excluding hydrogens is 260 g/mol. The fourth-order valence-corrected chi connectivity index (χ4v) is 3.65. The zero-order valence-electron chi connectivity index (χ0n) is 12.0. The van der Waals surface area contributed by atoms with Gasteiger partial charge >= 0.3 is 0 Å². The zero-order valence-corrected chi connectivity index (χ0v) is 12.0. The normalized spacial score (nSPS) is 28.2. The van der Waals surface area contributed by atoms with Gasteiger partial charge in [-0.15, -0.1) is 0 Å². The van der Waals surface area contributed by atoms with Gasteiger partial charge in [0.15, 0.2) is 0 Å². The molecule has 4 rings (SSSR count). The van der Waals surface area contributed by atoms with Crippen molar-refractivity contribution in [3.63, 3.8) is 0 Å². The Labute approximate surface area is 126 Å². The van der Waals surface area contributed by atoms with E-state index in [1.54, 1.807) is 11.9 Å². The van der Waals surface area contributed by atoms with Gasteiger partial charge in [0, 0.05) is 24.3 Å². The molecule has 1 aromatic rings. The standard InChI is InChI=1S/C18H17N2O/c1-12(21)20-18(14-7-2-3-8-14)16-11-10-13-6-4-5-9-15(13)17(16)19-20/h2-9,16,18H,10-11H2,1H3/t16-,18-/m1/s1. The molecule has 1 aliphatic heterocycles. The van der Waals surface area contributed by atoms with Crippen LogP contribution in [0.2, 0.25) is 0 Å². The number of hydrazone groups is 1. The van der Waals surface area contributed by atoms with E-state index >= 15 is 0 Å². The predicted molar refractivity (Wildman–Crippen MR) is 81.5 cm³/mol. The van der Waals surface area contributed by atoms with Gasteiger partial charge in [0.1, 0.15) is 0 Å². The maximum Gasteiger partial charge on any atom is 0.239 e. The lowest BCUT2D eigenvalue weighted by molar-refractivity contribution is -0.130. The van der Waals surface area contributed by atoms with E-state index in [2.05, 4.69) is 42.2 Å². The van der Waals surface area contributed by atoms with Crippen LogP contribution in [0.1, 0.15) is 24.5 Å². The Morgan fingerprint density at radius 3 is 2.76 bits per heavy atom. The summed E-state index contributed by atoms with van der Waals surface area (Å²) in [5.74, 6) is 1.51. The third-order valence-electron chi connectivity index (χ3n) is 4.58. The summed E-state index contributed by atoms with van der Waals surface area (Å²) in [5, 5.41) is 6.37. The highest BCUT2D eigenvalue weighted by Gasteiger charge is 2.46. The van der Waals surface area contributed by atoms with Gasteiger partial charge in [0.25, 0.3) is 0 Å². The minimum Gasteiger partial charge on any atom is -0.273 e. The molecule has 1 saturated carbocycles. The smallest absolute Gasteiger partial charge is 0.239 e. The van der Waals surface area contributed by atoms with Gasteiger partial charge in [-0.25, -0.2) is 5.01 Å². The van der Waals surface area contributed by atoms with E-state index in [-0.39, 0.29) is 11.9 Å². The van der Waals surface area contributed by atoms with E-state index in [0.717, 1.165) is 18.6 Å². The fourth-order valence-electron chi connectivity index (χ4n) is 3.65. The molecule has 0 bridgehead atoms. The Hall–Kier alpha value is -1.64. The minimum atomic E-state index is 0.0144. The molecule has 1 heterocycles. The molecule has 0 unspecified atom stereocenters. The van der Waals surface area contributed by atoms with E-state index in [0.29, 0.717) is 5.92 Å². The molecule has 0 N–H and O–H groups in total. The van der Waals surface area contributed by atoms with Crippen molar-refractivity contribution in [1.29, 1.82) is 0 Å². The molecule has 21 heavy (non-hydrogen) atoms. The van der Waals surface area contributed by atoms with Crippen LogP contribution in [0.5, 0.6) is 0 Å². The largest absolute Gasteiger partial charge is 0.273 e. The first-order valence-electron chi connectivity index (χ1n) is 7.44. The minimum absolute atomic E-state index is 0.0144. The first-order chi connectivity index (χ1) is 10.3. The van der Waals surface area contributed by atoms with Gasteiger partial charge in [-0.2, -0.15) is 5.10 Å². The van der Waals surface area contributed by atoms with Crippen LogP contribution in [0.25, 0.3) is 0 Å². The number of carbonyl (C=O) groups is 1. The molecule has 5 radical (unpaired) electrons. The van der Waals surface area contributed by atoms with Crippen molar-refractivity contribution in [3.05, 3.63) is 67.0 Å². The molecule has 2 aliphatic carbocycles. The monoisotopic (exact) mass is 277 g/mol. The van der Waals surface area contributed by atoms with Crippen molar-refractivity contribution in [1.82, 2.24) is 5.01 Å². The summed E-state index contributed by atoms with van der Waals surface area (Å²) in [4.78, 5) is 12.0. The summed E-state index contributed by atoms with van der Waals surface area (Å²) in [5.41, 5.74) is 3.64. The van der Waals surface area contributed by atoms with Gasteiger partial charge in [-0.1, -0.05) is 24.3 Å². The highest BCUT2D eigenvalue weighted by atomic mass is 16.2. The van der Waals surface area contributed by atoms with Crippen LogP contribution in [0.3, 0.4) is 0 Å².